The molecule has 2 aromatic carbocycles. The normalized spacial score (nSPS) is 12.2. The van der Waals surface area contributed by atoms with Crippen LogP contribution in [0.5, 0.6) is 5.75 Å². The maximum absolute atomic E-state index is 13.8. The van der Waals surface area contributed by atoms with Gasteiger partial charge in [-0.25, -0.2) is 4.39 Å². The zero-order valence-electron chi connectivity index (χ0n) is 11.1. The number of hydrogen-bond donors (Lipinski definition) is 1. The summed E-state index contributed by atoms with van der Waals surface area (Å²) in [6.45, 7) is 2.69. The summed E-state index contributed by atoms with van der Waals surface area (Å²) < 4.78 is 19.9. The lowest BCUT2D eigenvalue weighted by Gasteiger charge is -2.13. The Morgan fingerprint density at radius 3 is 2.50 bits per heavy atom. The average molecular weight is 339 g/mol. The zero-order valence-corrected chi connectivity index (χ0v) is 12.7. The van der Waals surface area contributed by atoms with E-state index in [2.05, 4.69) is 15.9 Å². The van der Waals surface area contributed by atoms with Crippen molar-refractivity contribution < 1.29 is 14.2 Å². The van der Waals surface area contributed by atoms with Gasteiger partial charge in [0.1, 0.15) is 17.7 Å². The average Bonchev–Trinajstić information content (AvgIpc) is 2.45. The van der Waals surface area contributed by atoms with Crippen molar-refractivity contribution in [1.82, 2.24) is 0 Å². The van der Waals surface area contributed by atoms with Gasteiger partial charge in [0.05, 0.1) is 6.61 Å². The molecule has 0 aliphatic heterocycles. The molecule has 0 saturated carbocycles. The molecular weight excluding hydrogens is 323 g/mol. The van der Waals surface area contributed by atoms with Gasteiger partial charge in [-0.3, -0.25) is 0 Å². The summed E-state index contributed by atoms with van der Waals surface area (Å²) >= 11 is 3.20. The summed E-state index contributed by atoms with van der Waals surface area (Å²) in [5.41, 5.74) is 0.894. The molecule has 0 spiro atoms. The van der Waals surface area contributed by atoms with Crippen LogP contribution in [0.3, 0.4) is 0 Å². The Hall–Kier alpha value is -1.39. The van der Waals surface area contributed by atoms with E-state index < -0.39 is 11.9 Å². The van der Waals surface area contributed by atoms with E-state index in [4.69, 9.17) is 4.74 Å². The minimum absolute atomic E-state index is 0.260. The second-order valence-electron chi connectivity index (χ2n) is 4.49. The monoisotopic (exact) mass is 338 g/mol. The van der Waals surface area contributed by atoms with Gasteiger partial charge in [0.15, 0.2) is 0 Å². The van der Waals surface area contributed by atoms with Crippen molar-refractivity contribution in [2.45, 2.75) is 19.4 Å². The van der Waals surface area contributed by atoms with Crippen molar-refractivity contribution in [2.75, 3.05) is 6.61 Å². The minimum Gasteiger partial charge on any atom is -0.494 e. The van der Waals surface area contributed by atoms with E-state index in [9.17, 15) is 9.50 Å². The van der Waals surface area contributed by atoms with Gasteiger partial charge in [-0.2, -0.15) is 0 Å². The van der Waals surface area contributed by atoms with Gasteiger partial charge in [0, 0.05) is 10.0 Å². The summed E-state index contributed by atoms with van der Waals surface area (Å²) in [7, 11) is 0. The molecule has 0 amide bonds. The van der Waals surface area contributed by atoms with Crippen LogP contribution in [-0.4, -0.2) is 11.7 Å². The first-order chi connectivity index (χ1) is 9.61. The largest absolute Gasteiger partial charge is 0.494 e. The summed E-state index contributed by atoms with van der Waals surface area (Å²) in [5, 5.41) is 10.2. The topological polar surface area (TPSA) is 29.5 Å². The predicted molar refractivity (Wildman–Crippen MR) is 80.4 cm³/mol. The van der Waals surface area contributed by atoms with Gasteiger partial charge < -0.3 is 9.84 Å². The Morgan fingerprint density at radius 2 is 1.90 bits per heavy atom. The predicted octanol–water partition coefficient (Wildman–Crippen LogP) is 4.46. The molecule has 0 fully saturated rings. The Bertz CT molecular complexity index is 569. The van der Waals surface area contributed by atoms with Crippen molar-refractivity contribution >= 4 is 15.9 Å². The fourth-order valence-corrected chi connectivity index (χ4v) is 2.20. The highest BCUT2D eigenvalue weighted by Gasteiger charge is 2.15. The fourth-order valence-electron chi connectivity index (χ4n) is 1.87. The number of hydrogen-bond acceptors (Lipinski definition) is 2. The molecule has 1 atom stereocenters. The van der Waals surface area contributed by atoms with Crippen LogP contribution >= 0.6 is 15.9 Å². The molecule has 1 unspecified atom stereocenters. The highest BCUT2D eigenvalue weighted by atomic mass is 79.9. The molecular formula is C16H16BrFO2. The van der Waals surface area contributed by atoms with Crippen LogP contribution in [0.2, 0.25) is 0 Å². The highest BCUT2D eigenvalue weighted by Crippen LogP contribution is 2.27. The summed E-state index contributed by atoms with van der Waals surface area (Å²) in [6, 6.07) is 11.7. The second kappa shape index (κ2) is 6.86. The number of rotatable bonds is 5. The first kappa shape index (κ1) is 15.0. The molecule has 0 radical (unpaired) electrons. The van der Waals surface area contributed by atoms with Crippen LogP contribution in [0.15, 0.2) is 46.9 Å². The summed E-state index contributed by atoms with van der Waals surface area (Å²) in [5.74, 6) is 0.317. The maximum Gasteiger partial charge on any atom is 0.130 e. The second-order valence-corrected chi connectivity index (χ2v) is 5.40. The highest BCUT2D eigenvalue weighted by molar-refractivity contribution is 9.10. The van der Waals surface area contributed by atoms with Crippen LogP contribution in [0.1, 0.15) is 30.6 Å². The molecule has 4 heteroatoms. The summed E-state index contributed by atoms with van der Waals surface area (Å²) in [4.78, 5) is 0. The van der Waals surface area contributed by atoms with E-state index in [0.29, 0.717) is 16.6 Å². The van der Waals surface area contributed by atoms with Crippen LogP contribution in [0.4, 0.5) is 4.39 Å². The molecule has 0 heterocycles. The molecule has 106 valence electrons. The van der Waals surface area contributed by atoms with E-state index in [1.807, 2.05) is 6.92 Å². The van der Waals surface area contributed by atoms with E-state index in [1.54, 1.807) is 36.4 Å². The van der Waals surface area contributed by atoms with Crippen molar-refractivity contribution in [1.29, 1.82) is 0 Å². The SMILES string of the molecule is CCCOc1ccc(C(O)c2ccc(Br)cc2F)cc1. The lowest BCUT2D eigenvalue weighted by molar-refractivity contribution is 0.214. The van der Waals surface area contributed by atoms with Gasteiger partial charge in [0.25, 0.3) is 0 Å². The first-order valence-corrected chi connectivity index (χ1v) is 7.27. The molecule has 2 nitrogen and oxygen atoms in total. The van der Waals surface area contributed by atoms with Crippen molar-refractivity contribution in [3.05, 3.63) is 63.9 Å². The molecule has 0 aliphatic rings. The van der Waals surface area contributed by atoms with Gasteiger partial charge in [0.2, 0.25) is 0 Å². The smallest absolute Gasteiger partial charge is 0.130 e. The van der Waals surface area contributed by atoms with E-state index >= 15 is 0 Å². The molecule has 0 aliphatic carbocycles. The molecule has 0 bridgehead atoms. The maximum atomic E-state index is 13.8. The van der Waals surface area contributed by atoms with Crippen LogP contribution in [0.25, 0.3) is 0 Å². The molecule has 0 saturated heterocycles. The Morgan fingerprint density at radius 1 is 1.20 bits per heavy atom. The van der Waals surface area contributed by atoms with Crippen LogP contribution < -0.4 is 4.74 Å². The quantitative estimate of drug-likeness (QED) is 0.872. The lowest BCUT2D eigenvalue weighted by atomic mass is 10.0. The van der Waals surface area contributed by atoms with Gasteiger partial charge in [-0.15, -0.1) is 0 Å². The molecule has 0 aromatic heterocycles. The fraction of sp³-hybridized carbons (Fsp3) is 0.250. The third-order valence-corrected chi connectivity index (χ3v) is 3.42. The van der Waals surface area contributed by atoms with Crippen molar-refractivity contribution in [3.8, 4) is 5.75 Å². The minimum atomic E-state index is -0.983. The molecule has 2 aromatic rings. The van der Waals surface area contributed by atoms with E-state index in [1.165, 1.54) is 6.07 Å². The summed E-state index contributed by atoms with van der Waals surface area (Å²) in [6.07, 6.45) is -0.0441. The third-order valence-electron chi connectivity index (χ3n) is 2.93. The number of aliphatic hydroxyl groups is 1. The Kier molecular flexibility index (Phi) is 5.15. The molecule has 1 N–H and O–H groups in total. The first-order valence-electron chi connectivity index (χ1n) is 6.47. The number of aliphatic hydroxyl groups excluding tert-OH is 1. The van der Waals surface area contributed by atoms with Gasteiger partial charge in [-0.05, 0) is 36.2 Å². The Balaban J connectivity index is 2.18. The van der Waals surface area contributed by atoms with Gasteiger partial charge >= 0.3 is 0 Å². The molecule has 2 rings (SSSR count). The van der Waals surface area contributed by atoms with E-state index in [0.717, 1.165) is 12.2 Å². The van der Waals surface area contributed by atoms with Crippen LogP contribution in [0, 0.1) is 5.82 Å². The Labute approximate surface area is 126 Å². The zero-order chi connectivity index (χ0) is 14.5. The van der Waals surface area contributed by atoms with E-state index in [-0.39, 0.29) is 5.56 Å². The van der Waals surface area contributed by atoms with Crippen LogP contribution in [-0.2, 0) is 0 Å². The van der Waals surface area contributed by atoms with Crippen molar-refractivity contribution in [3.63, 3.8) is 0 Å². The number of halogens is 2. The number of benzene rings is 2. The third kappa shape index (κ3) is 3.58. The number of ether oxygens (including phenoxy) is 1. The van der Waals surface area contributed by atoms with Crippen molar-refractivity contribution in [2.24, 2.45) is 0 Å². The standard InChI is InChI=1S/C16H16BrFO2/c1-2-9-20-13-6-3-11(4-7-13)16(19)14-8-5-12(17)10-15(14)18/h3-8,10,16,19H,2,9H2,1H3. The van der Waals surface area contributed by atoms with Gasteiger partial charge in [-0.1, -0.05) is 41.1 Å². The lowest BCUT2D eigenvalue weighted by Crippen LogP contribution is -2.03. The molecule has 20 heavy (non-hydrogen) atoms.